The summed E-state index contributed by atoms with van der Waals surface area (Å²) in [6.45, 7) is 4.11. The van der Waals surface area contributed by atoms with Gasteiger partial charge in [0.1, 0.15) is 13.2 Å². The molecule has 2 aliphatic heterocycles. The maximum atomic E-state index is 13.0. The van der Waals surface area contributed by atoms with Gasteiger partial charge in [0.2, 0.25) is 0 Å². The van der Waals surface area contributed by atoms with Crippen molar-refractivity contribution in [1.82, 2.24) is 19.9 Å². The van der Waals surface area contributed by atoms with E-state index in [0.717, 1.165) is 31.5 Å². The van der Waals surface area contributed by atoms with Gasteiger partial charge in [0.15, 0.2) is 17.2 Å². The summed E-state index contributed by atoms with van der Waals surface area (Å²) in [5.74, 6) is 1.30. The molecule has 1 aromatic heterocycles. The first-order valence-electron chi connectivity index (χ1n) is 9.02. The minimum Gasteiger partial charge on any atom is -0.486 e. The molecule has 2 aliphatic rings. The van der Waals surface area contributed by atoms with E-state index < -0.39 is 0 Å². The topological polar surface area (TPSA) is 95.5 Å². The van der Waals surface area contributed by atoms with Crippen LogP contribution in [0.2, 0.25) is 0 Å². The molecule has 1 fully saturated rings. The van der Waals surface area contributed by atoms with Crippen molar-refractivity contribution in [1.29, 1.82) is 0 Å². The van der Waals surface area contributed by atoms with E-state index in [1.807, 2.05) is 30.0 Å². The molecule has 1 saturated heterocycles. The van der Waals surface area contributed by atoms with Gasteiger partial charge in [0.25, 0.3) is 5.91 Å². The van der Waals surface area contributed by atoms with Crippen LogP contribution in [-0.2, 0) is 0 Å². The number of rotatable bonds is 3. The predicted octanol–water partition coefficient (Wildman–Crippen LogP) is 1.72. The van der Waals surface area contributed by atoms with Crippen LogP contribution in [0, 0.1) is 6.92 Å². The molecule has 27 heavy (non-hydrogen) atoms. The van der Waals surface area contributed by atoms with Crippen molar-refractivity contribution in [2.24, 2.45) is 5.73 Å². The maximum Gasteiger partial charge on any atom is 0.276 e. The third kappa shape index (κ3) is 3.59. The summed E-state index contributed by atoms with van der Waals surface area (Å²) >= 11 is 0. The number of likely N-dealkylation sites (tertiary alicyclic amines) is 1. The van der Waals surface area contributed by atoms with Crippen LogP contribution in [-0.4, -0.2) is 58.1 Å². The minimum absolute atomic E-state index is 0. The quantitative estimate of drug-likeness (QED) is 0.853. The largest absolute Gasteiger partial charge is 0.486 e. The molecule has 2 N–H and O–H groups in total. The molecule has 3 heterocycles. The summed E-state index contributed by atoms with van der Waals surface area (Å²) in [6, 6.07) is 5.66. The summed E-state index contributed by atoms with van der Waals surface area (Å²) in [6.07, 6.45) is 3.05. The lowest BCUT2D eigenvalue weighted by atomic mass is 10.0. The van der Waals surface area contributed by atoms with Crippen LogP contribution in [0.15, 0.2) is 18.2 Å². The third-order valence-corrected chi connectivity index (χ3v) is 5.03. The maximum absolute atomic E-state index is 13.0. The zero-order chi connectivity index (χ0) is 18.1. The number of nitrogens with two attached hydrogens (primary N) is 1. The van der Waals surface area contributed by atoms with Crippen molar-refractivity contribution < 1.29 is 14.3 Å². The standard InChI is InChI=1S/C18H23N5O3.ClH/c1-12-17(18(24)22-7-3-2-4-14(22)11-19)20-21-23(12)13-5-6-15-16(10-13)26-9-8-25-15;/h5-6,10,14H,2-4,7-9,11,19H2,1H3;1H. The molecular formula is C18H24ClN5O3. The number of carbonyl (C=O) groups is 1. The molecule has 1 aromatic carbocycles. The van der Waals surface area contributed by atoms with Crippen molar-refractivity contribution in [3.63, 3.8) is 0 Å². The van der Waals surface area contributed by atoms with Gasteiger partial charge in [-0.2, -0.15) is 0 Å². The first kappa shape index (κ1) is 19.4. The predicted molar refractivity (Wildman–Crippen MR) is 102 cm³/mol. The molecule has 8 nitrogen and oxygen atoms in total. The SMILES string of the molecule is Cc1c(C(=O)N2CCCCC2CN)nnn1-c1ccc2c(c1)OCCO2.Cl. The van der Waals surface area contributed by atoms with Gasteiger partial charge < -0.3 is 20.1 Å². The Morgan fingerprint density at radius 2 is 2.04 bits per heavy atom. The number of amides is 1. The number of hydrogen-bond acceptors (Lipinski definition) is 6. The molecule has 0 radical (unpaired) electrons. The average Bonchev–Trinajstić information content (AvgIpc) is 3.08. The van der Waals surface area contributed by atoms with Crippen LogP contribution in [0.1, 0.15) is 35.4 Å². The van der Waals surface area contributed by atoms with Crippen molar-refractivity contribution in [2.75, 3.05) is 26.3 Å². The fourth-order valence-electron chi connectivity index (χ4n) is 3.58. The summed E-state index contributed by atoms with van der Waals surface area (Å²) in [5, 5.41) is 8.35. The Bertz CT molecular complexity index is 825. The highest BCUT2D eigenvalue weighted by atomic mass is 35.5. The summed E-state index contributed by atoms with van der Waals surface area (Å²) in [4.78, 5) is 14.8. The molecule has 0 spiro atoms. The molecular weight excluding hydrogens is 370 g/mol. The molecule has 1 amide bonds. The van der Waals surface area contributed by atoms with Gasteiger partial charge >= 0.3 is 0 Å². The van der Waals surface area contributed by atoms with Gasteiger partial charge in [-0.1, -0.05) is 5.21 Å². The second-order valence-electron chi connectivity index (χ2n) is 6.65. The van der Waals surface area contributed by atoms with Gasteiger partial charge in [-0.25, -0.2) is 4.68 Å². The first-order chi connectivity index (χ1) is 12.7. The Balaban J connectivity index is 0.00000210. The highest BCUT2D eigenvalue weighted by Gasteiger charge is 2.30. The summed E-state index contributed by atoms with van der Waals surface area (Å²) in [7, 11) is 0. The van der Waals surface area contributed by atoms with Gasteiger partial charge in [-0.15, -0.1) is 17.5 Å². The molecule has 9 heteroatoms. The van der Waals surface area contributed by atoms with Crippen molar-refractivity contribution in [3.8, 4) is 17.2 Å². The normalized spacial score (nSPS) is 18.7. The van der Waals surface area contributed by atoms with E-state index in [4.69, 9.17) is 15.2 Å². The van der Waals surface area contributed by atoms with Crippen molar-refractivity contribution >= 4 is 18.3 Å². The van der Waals surface area contributed by atoms with Crippen LogP contribution in [0.5, 0.6) is 11.5 Å². The minimum atomic E-state index is -0.0959. The molecule has 1 unspecified atom stereocenters. The summed E-state index contributed by atoms with van der Waals surface area (Å²) in [5.41, 5.74) is 7.71. The van der Waals surface area contributed by atoms with E-state index in [1.165, 1.54) is 0 Å². The fourth-order valence-corrected chi connectivity index (χ4v) is 3.58. The van der Waals surface area contributed by atoms with Crippen LogP contribution in [0.4, 0.5) is 0 Å². The van der Waals surface area contributed by atoms with Crippen LogP contribution in [0.3, 0.4) is 0 Å². The van der Waals surface area contributed by atoms with E-state index in [1.54, 1.807) is 4.68 Å². The molecule has 0 aliphatic carbocycles. The third-order valence-electron chi connectivity index (χ3n) is 5.03. The number of fused-ring (bicyclic) bond motifs is 1. The van der Waals surface area contributed by atoms with Gasteiger partial charge in [-0.3, -0.25) is 4.79 Å². The van der Waals surface area contributed by atoms with E-state index >= 15 is 0 Å². The Labute approximate surface area is 164 Å². The number of ether oxygens (including phenoxy) is 2. The Morgan fingerprint density at radius 3 is 2.81 bits per heavy atom. The second-order valence-corrected chi connectivity index (χ2v) is 6.65. The number of nitrogens with zero attached hydrogens (tertiary/aromatic N) is 4. The molecule has 2 aromatic rings. The average molecular weight is 394 g/mol. The lowest BCUT2D eigenvalue weighted by Crippen LogP contribution is -2.47. The summed E-state index contributed by atoms with van der Waals surface area (Å²) < 4.78 is 12.8. The first-order valence-corrected chi connectivity index (χ1v) is 9.02. The number of halogens is 1. The van der Waals surface area contributed by atoms with Crippen molar-refractivity contribution in [3.05, 3.63) is 29.6 Å². The Morgan fingerprint density at radius 1 is 1.26 bits per heavy atom. The molecule has 0 bridgehead atoms. The lowest BCUT2D eigenvalue weighted by Gasteiger charge is -2.34. The van der Waals surface area contributed by atoms with Crippen LogP contribution < -0.4 is 15.2 Å². The zero-order valence-corrected chi connectivity index (χ0v) is 16.1. The Kier molecular flexibility index (Phi) is 5.86. The van der Waals surface area contributed by atoms with Crippen molar-refractivity contribution in [2.45, 2.75) is 32.2 Å². The second kappa shape index (κ2) is 8.14. The number of aromatic nitrogens is 3. The van der Waals surface area contributed by atoms with Crippen LogP contribution in [0.25, 0.3) is 5.69 Å². The smallest absolute Gasteiger partial charge is 0.276 e. The van der Waals surface area contributed by atoms with E-state index in [2.05, 4.69) is 10.3 Å². The highest BCUT2D eigenvalue weighted by molar-refractivity contribution is 5.93. The molecule has 0 saturated carbocycles. The molecule has 1 atom stereocenters. The number of hydrogen-bond donors (Lipinski definition) is 1. The number of benzene rings is 1. The van der Waals surface area contributed by atoms with E-state index in [-0.39, 0.29) is 24.4 Å². The van der Waals surface area contributed by atoms with E-state index in [9.17, 15) is 4.79 Å². The molecule has 4 rings (SSSR count). The Hall–Kier alpha value is -2.32. The zero-order valence-electron chi connectivity index (χ0n) is 15.3. The van der Waals surface area contributed by atoms with Gasteiger partial charge in [0, 0.05) is 25.2 Å². The number of carbonyl (C=O) groups excluding carboxylic acids is 1. The van der Waals surface area contributed by atoms with Gasteiger partial charge in [0.05, 0.1) is 11.4 Å². The van der Waals surface area contributed by atoms with Gasteiger partial charge in [-0.05, 0) is 38.3 Å². The monoisotopic (exact) mass is 393 g/mol. The highest BCUT2D eigenvalue weighted by Crippen LogP contribution is 2.32. The molecule has 146 valence electrons. The lowest BCUT2D eigenvalue weighted by molar-refractivity contribution is 0.0616. The number of piperidine rings is 1. The fraction of sp³-hybridized carbons (Fsp3) is 0.500. The van der Waals surface area contributed by atoms with Crippen LogP contribution >= 0.6 is 12.4 Å². The van der Waals surface area contributed by atoms with E-state index in [0.29, 0.717) is 42.6 Å².